The fraction of sp³-hybridized carbons (Fsp3) is 0.895. The van der Waals surface area contributed by atoms with Gasteiger partial charge in [-0.25, -0.2) is 0 Å². The molecule has 1 aliphatic carbocycles. The molecule has 1 saturated carbocycles. The lowest BCUT2D eigenvalue weighted by atomic mass is 9.86. The Balaban J connectivity index is 2.25. The molecule has 0 heterocycles. The van der Waals surface area contributed by atoms with Crippen LogP contribution in [0.4, 0.5) is 0 Å². The van der Waals surface area contributed by atoms with Gasteiger partial charge >= 0.3 is 5.97 Å². The number of carbonyl (C=O) groups excluding carboxylic acids is 2. The molecule has 0 bridgehead atoms. The Bertz CT molecular complexity index is 353. The first-order valence-electron chi connectivity index (χ1n) is 9.36. The summed E-state index contributed by atoms with van der Waals surface area (Å²) in [7, 11) is 1.41. The van der Waals surface area contributed by atoms with E-state index in [2.05, 4.69) is 11.7 Å². The van der Waals surface area contributed by atoms with E-state index >= 15 is 0 Å². The lowest BCUT2D eigenvalue weighted by Gasteiger charge is -2.20. The number of rotatable bonds is 12. The molecule has 0 aliphatic heterocycles. The minimum atomic E-state index is -0.211. The zero-order valence-corrected chi connectivity index (χ0v) is 14.9. The summed E-state index contributed by atoms with van der Waals surface area (Å²) in [5, 5.41) is 10.1. The summed E-state index contributed by atoms with van der Waals surface area (Å²) in [4.78, 5) is 23.2. The molecule has 0 aromatic heterocycles. The van der Waals surface area contributed by atoms with Gasteiger partial charge in [0.1, 0.15) is 5.78 Å². The van der Waals surface area contributed by atoms with Crippen LogP contribution in [0.1, 0.15) is 84.0 Å². The smallest absolute Gasteiger partial charge is 0.305 e. The summed E-state index contributed by atoms with van der Waals surface area (Å²) in [5.74, 6) is 0.792. The highest BCUT2D eigenvalue weighted by atomic mass is 16.5. The zero-order chi connectivity index (χ0) is 17.1. The van der Waals surface area contributed by atoms with Crippen LogP contribution in [0.2, 0.25) is 0 Å². The number of Topliss-reactive ketones (excluding diaryl/α,β-unsaturated/α-hetero) is 1. The van der Waals surface area contributed by atoms with Crippen LogP contribution in [0.5, 0.6) is 0 Å². The molecule has 3 atom stereocenters. The standard InChI is InChI=1S/C19H34O4/c1-3-4-5-8-16(20)13-11-15-12-14-18(21)17(15)9-6-7-10-19(22)23-2/h15-17,20H,3-14H2,1-2H3. The third-order valence-electron chi connectivity index (χ3n) is 5.13. The molecular formula is C19H34O4. The maximum Gasteiger partial charge on any atom is 0.305 e. The second kappa shape index (κ2) is 11.6. The molecule has 23 heavy (non-hydrogen) atoms. The van der Waals surface area contributed by atoms with Gasteiger partial charge in [-0.15, -0.1) is 0 Å². The summed E-state index contributed by atoms with van der Waals surface area (Å²) in [5.41, 5.74) is 0. The van der Waals surface area contributed by atoms with Gasteiger partial charge in [-0.3, -0.25) is 9.59 Å². The number of esters is 1. The molecule has 1 rings (SSSR count). The Kier molecular flexibility index (Phi) is 10.2. The van der Waals surface area contributed by atoms with Gasteiger partial charge in [-0.2, -0.15) is 0 Å². The van der Waals surface area contributed by atoms with E-state index in [1.54, 1.807) is 0 Å². The highest BCUT2D eigenvalue weighted by molar-refractivity contribution is 5.83. The van der Waals surface area contributed by atoms with Gasteiger partial charge in [0.05, 0.1) is 13.2 Å². The van der Waals surface area contributed by atoms with Crippen molar-refractivity contribution >= 4 is 11.8 Å². The molecule has 0 saturated heterocycles. The quantitative estimate of drug-likeness (QED) is 0.434. The first-order chi connectivity index (χ1) is 11.1. The average Bonchev–Trinajstić information content (AvgIpc) is 2.89. The maximum atomic E-state index is 12.1. The second-order valence-corrected chi connectivity index (χ2v) is 6.92. The van der Waals surface area contributed by atoms with E-state index in [0.29, 0.717) is 24.5 Å². The number of hydrogen-bond acceptors (Lipinski definition) is 4. The number of ether oxygens (including phenoxy) is 1. The predicted octanol–water partition coefficient (Wildman–Crippen LogP) is 4.04. The normalized spacial score (nSPS) is 22.3. The monoisotopic (exact) mass is 326 g/mol. The number of ketones is 1. The van der Waals surface area contributed by atoms with Crippen LogP contribution in [0.3, 0.4) is 0 Å². The molecular weight excluding hydrogens is 292 g/mol. The van der Waals surface area contributed by atoms with E-state index < -0.39 is 0 Å². The lowest BCUT2D eigenvalue weighted by Crippen LogP contribution is -2.17. The number of unbranched alkanes of at least 4 members (excludes halogenated alkanes) is 3. The molecule has 0 aromatic carbocycles. The first kappa shape index (κ1) is 20.1. The van der Waals surface area contributed by atoms with Gasteiger partial charge < -0.3 is 9.84 Å². The number of aliphatic hydroxyl groups excluding tert-OH is 1. The number of hydrogen-bond donors (Lipinski definition) is 1. The van der Waals surface area contributed by atoms with Crippen molar-refractivity contribution in [3.63, 3.8) is 0 Å². The molecule has 1 aliphatic rings. The molecule has 0 radical (unpaired) electrons. The van der Waals surface area contributed by atoms with Crippen molar-refractivity contribution < 1.29 is 19.4 Å². The fourth-order valence-corrected chi connectivity index (χ4v) is 3.64. The van der Waals surface area contributed by atoms with E-state index in [1.165, 1.54) is 20.0 Å². The number of aliphatic hydroxyl groups is 1. The van der Waals surface area contributed by atoms with Crippen LogP contribution in [-0.4, -0.2) is 30.1 Å². The molecule has 1 N–H and O–H groups in total. The van der Waals surface area contributed by atoms with Crippen LogP contribution >= 0.6 is 0 Å². The van der Waals surface area contributed by atoms with Crippen molar-refractivity contribution in [3.05, 3.63) is 0 Å². The molecule has 4 heteroatoms. The number of carbonyl (C=O) groups is 2. The zero-order valence-electron chi connectivity index (χ0n) is 14.9. The van der Waals surface area contributed by atoms with E-state index in [9.17, 15) is 14.7 Å². The van der Waals surface area contributed by atoms with Gasteiger partial charge in [0.2, 0.25) is 0 Å². The number of methoxy groups -OCH3 is 1. The largest absolute Gasteiger partial charge is 0.469 e. The molecule has 0 spiro atoms. The highest BCUT2D eigenvalue weighted by Crippen LogP contribution is 2.36. The minimum Gasteiger partial charge on any atom is -0.469 e. The van der Waals surface area contributed by atoms with Crippen molar-refractivity contribution in [1.82, 2.24) is 0 Å². The molecule has 3 unspecified atom stereocenters. The SMILES string of the molecule is CCCCCC(O)CCC1CCC(=O)C1CCCCC(=O)OC. The first-order valence-corrected chi connectivity index (χ1v) is 9.36. The van der Waals surface area contributed by atoms with Gasteiger partial charge in [-0.05, 0) is 44.4 Å². The van der Waals surface area contributed by atoms with E-state index in [4.69, 9.17) is 0 Å². The fourth-order valence-electron chi connectivity index (χ4n) is 3.64. The van der Waals surface area contributed by atoms with Gasteiger partial charge in [0.15, 0.2) is 0 Å². The van der Waals surface area contributed by atoms with Crippen LogP contribution in [0.25, 0.3) is 0 Å². The van der Waals surface area contributed by atoms with Gasteiger partial charge in [0, 0.05) is 18.8 Å². The Morgan fingerprint density at radius 1 is 1.22 bits per heavy atom. The van der Waals surface area contributed by atoms with E-state index in [0.717, 1.165) is 51.4 Å². The summed E-state index contributed by atoms with van der Waals surface area (Å²) in [6.07, 6.45) is 10.6. The van der Waals surface area contributed by atoms with Crippen molar-refractivity contribution in [2.45, 2.75) is 90.1 Å². The Labute approximate surface area is 141 Å². The molecule has 134 valence electrons. The summed E-state index contributed by atoms with van der Waals surface area (Å²) in [6.45, 7) is 2.17. The van der Waals surface area contributed by atoms with Crippen molar-refractivity contribution in [2.75, 3.05) is 7.11 Å². The Morgan fingerprint density at radius 3 is 2.70 bits per heavy atom. The van der Waals surface area contributed by atoms with Crippen molar-refractivity contribution in [3.8, 4) is 0 Å². The summed E-state index contributed by atoms with van der Waals surface area (Å²) in [6, 6.07) is 0. The lowest BCUT2D eigenvalue weighted by molar-refractivity contribution is -0.140. The minimum absolute atomic E-state index is 0.149. The van der Waals surface area contributed by atoms with Gasteiger partial charge in [0.25, 0.3) is 0 Å². The molecule has 0 amide bonds. The third kappa shape index (κ3) is 7.96. The average molecular weight is 326 g/mol. The van der Waals surface area contributed by atoms with Gasteiger partial charge in [-0.1, -0.05) is 32.6 Å². The highest BCUT2D eigenvalue weighted by Gasteiger charge is 2.33. The van der Waals surface area contributed by atoms with Crippen LogP contribution in [0.15, 0.2) is 0 Å². The van der Waals surface area contributed by atoms with Crippen molar-refractivity contribution in [1.29, 1.82) is 0 Å². The van der Waals surface area contributed by atoms with Crippen LogP contribution in [0, 0.1) is 11.8 Å². The molecule has 0 aromatic rings. The topological polar surface area (TPSA) is 63.6 Å². The molecule has 1 fully saturated rings. The molecule has 4 nitrogen and oxygen atoms in total. The third-order valence-corrected chi connectivity index (χ3v) is 5.13. The second-order valence-electron chi connectivity index (χ2n) is 6.92. The predicted molar refractivity (Wildman–Crippen MR) is 91.1 cm³/mol. The Morgan fingerprint density at radius 2 is 2.00 bits per heavy atom. The van der Waals surface area contributed by atoms with E-state index in [-0.39, 0.29) is 18.0 Å². The van der Waals surface area contributed by atoms with Crippen molar-refractivity contribution in [2.24, 2.45) is 11.8 Å². The van der Waals surface area contributed by atoms with Crippen LogP contribution < -0.4 is 0 Å². The maximum absolute atomic E-state index is 12.1. The Hall–Kier alpha value is -0.900. The summed E-state index contributed by atoms with van der Waals surface area (Å²) < 4.78 is 4.64. The van der Waals surface area contributed by atoms with E-state index in [1.807, 2.05) is 0 Å². The van der Waals surface area contributed by atoms with Crippen LogP contribution in [-0.2, 0) is 14.3 Å². The summed E-state index contributed by atoms with van der Waals surface area (Å²) >= 11 is 0.